The molecule has 0 amide bonds. The van der Waals surface area contributed by atoms with Crippen molar-refractivity contribution in [2.24, 2.45) is 5.73 Å². The maximum atomic E-state index is 8.86. The number of ether oxygens (including phenoxy) is 2. The average Bonchev–Trinajstić information content (AvgIpc) is 3.59. The van der Waals surface area contributed by atoms with E-state index in [1.807, 2.05) is 12.1 Å². The molecule has 6 nitrogen and oxygen atoms in total. The van der Waals surface area contributed by atoms with Crippen LogP contribution < -0.4 is 10.5 Å². The first-order valence-corrected chi connectivity index (χ1v) is 11.1. The first kappa shape index (κ1) is 21.4. The zero-order chi connectivity index (χ0) is 21.8. The average molecular weight is 421 g/mol. The fourth-order valence-corrected chi connectivity index (χ4v) is 4.10. The van der Waals surface area contributed by atoms with Crippen LogP contribution in [0.4, 0.5) is 0 Å². The van der Waals surface area contributed by atoms with E-state index in [4.69, 9.17) is 20.6 Å². The third kappa shape index (κ3) is 4.60. The van der Waals surface area contributed by atoms with E-state index < -0.39 is 0 Å². The van der Waals surface area contributed by atoms with Crippen LogP contribution in [0.2, 0.25) is 0 Å². The fraction of sp³-hybridized carbons (Fsp3) is 0.400. The smallest absolute Gasteiger partial charge is 0.126 e. The monoisotopic (exact) mass is 420 g/mol. The van der Waals surface area contributed by atoms with Crippen LogP contribution in [0.5, 0.6) is 5.75 Å². The molecule has 0 saturated heterocycles. The van der Waals surface area contributed by atoms with Crippen molar-refractivity contribution < 1.29 is 9.47 Å². The van der Waals surface area contributed by atoms with Gasteiger partial charge in [0.05, 0.1) is 19.2 Å². The molecule has 1 fully saturated rings. The number of nitrogens with two attached hydrogens (primary N) is 1. The lowest BCUT2D eigenvalue weighted by Crippen LogP contribution is -2.41. The lowest BCUT2D eigenvalue weighted by Gasteiger charge is -2.29. The molecule has 0 radical (unpaired) electrons. The van der Waals surface area contributed by atoms with Crippen LogP contribution in [-0.2, 0) is 11.3 Å². The van der Waals surface area contributed by atoms with Crippen molar-refractivity contribution in [2.75, 3.05) is 20.3 Å². The van der Waals surface area contributed by atoms with E-state index in [0.717, 1.165) is 36.2 Å². The summed E-state index contributed by atoms with van der Waals surface area (Å²) in [6.45, 7) is 3.73. The molecule has 1 unspecified atom stereocenters. The molecule has 1 aliphatic rings. The molecule has 4 rings (SSSR count). The number of methoxy groups -OCH3 is 1. The van der Waals surface area contributed by atoms with E-state index >= 15 is 0 Å². The SMILES string of the molecule is CCC(OCCN)C(=N)N(Cc1cn(-c2ccc(OC)cc2)c2ccccc12)C1CC1. The zero-order valence-corrected chi connectivity index (χ0v) is 18.4. The van der Waals surface area contributed by atoms with E-state index in [2.05, 4.69) is 59.0 Å². The Kier molecular flexibility index (Phi) is 6.59. The van der Waals surface area contributed by atoms with Crippen LogP contribution in [-0.4, -0.2) is 47.7 Å². The standard InChI is InChI=1S/C25H32N4O2/c1-3-24(31-15-14-26)25(27)29(20-8-9-20)17-18-16-28(23-7-5-4-6-22(18)23)19-10-12-21(30-2)13-11-19/h4-7,10-13,16,20,24,27H,3,8-9,14-15,17,26H2,1-2H3. The third-order valence-corrected chi connectivity index (χ3v) is 5.90. The number of amidine groups is 1. The summed E-state index contributed by atoms with van der Waals surface area (Å²) >= 11 is 0. The summed E-state index contributed by atoms with van der Waals surface area (Å²) in [5.74, 6) is 1.41. The number of aromatic nitrogens is 1. The highest BCUT2D eigenvalue weighted by molar-refractivity contribution is 5.88. The highest BCUT2D eigenvalue weighted by atomic mass is 16.5. The van der Waals surface area contributed by atoms with Gasteiger partial charge in [-0.2, -0.15) is 0 Å². The van der Waals surface area contributed by atoms with E-state index in [0.29, 0.717) is 31.6 Å². The highest BCUT2D eigenvalue weighted by Crippen LogP contribution is 2.33. The lowest BCUT2D eigenvalue weighted by molar-refractivity contribution is 0.0902. The first-order valence-electron chi connectivity index (χ1n) is 11.1. The fourth-order valence-electron chi connectivity index (χ4n) is 4.10. The van der Waals surface area contributed by atoms with Crippen LogP contribution in [0.3, 0.4) is 0 Å². The Morgan fingerprint density at radius 2 is 1.94 bits per heavy atom. The van der Waals surface area contributed by atoms with Crippen LogP contribution in [0.25, 0.3) is 16.6 Å². The molecule has 31 heavy (non-hydrogen) atoms. The van der Waals surface area contributed by atoms with Crippen molar-refractivity contribution >= 4 is 16.7 Å². The van der Waals surface area contributed by atoms with Crippen LogP contribution in [0, 0.1) is 5.41 Å². The van der Waals surface area contributed by atoms with Gasteiger partial charge in [0.25, 0.3) is 0 Å². The second-order valence-electron chi connectivity index (χ2n) is 8.04. The number of nitrogens with one attached hydrogen (secondary N) is 1. The maximum absolute atomic E-state index is 8.86. The van der Waals surface area contributed by atoms with Crippen LogP contribution in [0.1, 0.15) is 31.7 Å². The molecule has 164 valence electrons. The summed E-state index contributed by atoms with van der Waals surface area (Å²) in [6, 6.07) is 17.0. The Bertz CT molecular complexity index is 1020. The molecule has 1 saturated carbocycles. The molecule has 0 spiro atoms. The Morgan fingerprint density at radius 3 is 2.58 bits per heavy atom. The van der Waals surface area contributed by atoms with E-state index in [1.54, 1.807) is 7.11 Å². The topological polar surface area (TPSA) is 76.5 Å². The van der Waals surface area contributed by atoms with Gasteiger partial charge >= 0.3 is 0 Å². The molecule has 1 atom stereocenters. The molecular weight excluding hydrogens is 388 g/mol. The normalized spacial score (nSPS) is 14.5. The van der Waals surface area contributed by atoms with E-state index in [9.17, 15) is 0 Å². The summed E-state index contributed by atoms with van der Waals surface area (Å²) in [5, 5.41) is 10.1. The predicted molar refractivity (Wildman–Crippen MR) is 125 cm³/mol. The van der Waals surface area contributed by atoms with Crippen molar-refractivity contribution in [3.05, 3.63) is 60.3 Å². The van der Waals surface area contributed by atoms with Crippen molar-refractivity contribution in [1.29, 1.82) is 5.41 Å². The number of hydrogen-bond acceptors (Lipinski definition) is 4. The lowest BCUT2D eigenvalue weighted by atomic mass is 10.1. The van der Waals surface area contributed by atoms with Crippen LogP contribution in [0.15, 0.2) is 54.7 Å². The maximum Gasteiger partial charge on any atom is 0.126 e. The minimum Gasteiger partial charge on any atom is -0.497 e. The molecular formula is C25H32N4O2. The summed E-state index contributed by atoms with van der Waals surface area (Å²) in [4.78, 5) is 2.23. The van der Waals surface area contributed by atoms with Gasteiger partial charge in [0.15, 0.2) is 0 Å². The Hall–Kier alpha value is -2.83. The van der Waals surface area contributed by atoms with E-state index in [-0.39, 0.29) is 6.10 Å². The number of hydrogen-bond donors (Lipinski definition) is 2. The molecule has 1 heterocycles. The Morgan fingerprint density at radius 1 is 1.19 bits per heavy atom. The highest BCUT2D eigenvalue weighted by Gasteiger charge is 2.34. The second kappa shape index (κ2) is 9.54. The van der Waals surface area contributed by atoms with Gasteiger partial charge in [-0.3, -0.25) is 5.41 Å². The molecule has 3 N–H and O–H groups in total. The summed E-state index contributed by atoms with van der Waals surface area (Å²) in [5.41, 5.74) is 9.10. The zero-order valence-electron chi connectivity index (χ0n) is 18.4. The number of rotatable bonds is 10. The van der Waals surface area contributed by atoms with Crippen molar-refractivity contribution in [3.63, 3.8) is 0 Å². The Balaban J connectivity index is 1.66. The summed E-state index contributed by atoms with van der Waals surface area (Å²) in [6.07, 6.45) is 5.03. The van der Waals surface area contributed by atoms with Gasteiger partial charge in [-0.1, -0.05) is 25.1 Å². The van der Waals surface area contributed by atoms with Gasteiger partial charge < -0.3 is 24.7 Å². The van der Waals surface area contributed by atoms with Crippen molar-refractivity contribution in [3.8, 4) is 11.4 Å². The van der Waals surface area contributed by atoms with Crippen molar-refractivity contribution in [2.45, 2.75) is 44.9 Å². The van der Waals surface area contributed by atoms with Gasteiger partial charge in [0, 0.05) is 36.4 Å². The van der Waals surface area contributed by atoms with Gasteiger partial charge in [0.2, 0.25) is 0 Å². The molecule has 0 aliphatic heterocycles. The molecule has 0 bridgehead atoms. The molecule has 2 aromatic carbocycles. The van der Waals surface area contributed by atoms with Gasteiger partial charge in [-0.15, -0.1) is 0 Å². The first-order chi connectivity index (χ1) is 15.2. The van der Waals surface area contributed by atoms with Gasteiger partial charge in [-0.05, 0) is 55.2 Å². The molecule has 3 aromatic rings. The minimum atomic E-state index is -0.209. The largest absolute Gasteiger partial charge is 0.497 e. The van der Waals surface area contributed by atoms with E-state index in [1.165, 1.54) is 10.9 Å². The van der Waals surface area contributed by atoms with Gasteiger partial charge in [0.1, 0.15) is 17.7 Å². The Labute approximate surface area is 184 Å². The quantitative estimate of drug-likeness (QED) is 0.378. The van der Waals surface area contributed by atoms with Crippen molar-refractivity contribution in [1.82, 2.24) is 9.47 Å². The number of fused-ring (bicyclic) bond motifs is 1. The van der Waals surface area contributed by atoms with Crippen LogP contribution >= 0.6 is 0 Å². The summed E-state index contributed by atoms with van der Waals surface area (Å²) in [7, 11) is 1.68. The predicted octanol–water partition coefficient (Wildman–Crippen LogP) is 4.33. The third-order valence-electron chi connectivity index (χ3n) is 5.90. The molecule has 6 heteroatoms. The second-order valence-corrected chi connectivity index (χ2v) is 8.04. The minimum absolute atomic E-state index is 0.209. The molecule has 1 aliphatic carbocycles. The number of benzene rings is 2. The number of para-hydroxylation sites is 1. The molecule has 1 aromatic heterocycles. The van der Waals surface area contributed by atoms with Gasteiger partial charge in [-0.25, -0.2) is 0 Å². The number of nitrogens with zero attached hydrogens (tertiary/aromatic N) is 2. The summed E-state index contributed by atoms with van der Waals surface area (Å²) < 4.78 is 13.4.